The Kier molecular flexibility index (Phi) is 2.78. The molecule has 2 aromatic rings. The Morgan fingerprint density at radius 3 is 2.89 bits per heavy atom. The molecule has 18 heavy (non-hydrogen) atoms. The quantitative estimate of drug-likeness (QED) is 0.775. The molecule has 1 aliphatic rings. The van der Waals surface area contributed by atoms with E-state index in [9.17, 15) is 4.39 Å². The fourth-order valence-electron chi connectivity index (χ4n) is 2.62. The lowest BCUT2D eigenvalue weighted by molar-refractivity contribution is 0.624. The molecule has 1 nitrogen and oxygen atoms in total. The van der Waals surface area contributed by atoms with Crippen LogP contribution in [-0.2, 0) is 13.0 Å². The van der Waals surface area contributed by atoms with Crippen molar-refractivity contribution >= 4 is 5.69 Å². The summed E-state index contributed by atoms with van der Waals surface area (Å²) in [6, 6.07) is 13.4. The lowest BCUT2D eigenvalue weighted by Gasteiger charge is -2.19. The van der Waals surface area contributed by atoms with E-state index >= 15 is 0 Å². The summed E-state index contributed by atoms with van der Waals surface area (Å²) in [5, 5.41) is 0. The number of aryl methyl sites for hydroxylation is 1. The third kappa shape index (κ3) is 2.10. The molecule has 0 atom stereocenters. The first-order chi connectivity index (χ1) is 8.72. The lowest BCUT2D eigenvalue weighted by atomic mass is 10.1. The highest BCUT2D eigenvalue weighted by Gasteiger charge is 2.18. The van der Waals surface area contributed by atoms with Crippen LogP contribution in [0.15, 0.2) is 42.5 Å². The van der Waals surface area contributed by atoms with Gasteiger partial charge in [-0.25, -0.2) is 4.39 Å². The summed E-state index contributed by atoms with van der Waals surface area (Å²) in [5.74, 6) is -0.157. The van der Waals surface area contributed by atoms with Gasteiger partial charge >= 0.3 is 0 Å². The minimum Gasteiger partial charge on any atom is -0.367 e. The molecule has 0 saturated carbocycles. The van der Waals surface area contributed by atoms with Crippen LogP contribution in [0.1, 0.15) is 16.7 Å². The van der Waals surface area contributed by atoms with Crippen molar-refractivity contribution < 1.29 is 4.39 Å². The van der Waals surface area contributed by atoms with Gasteiger partial charge in [0.15, 0.2) is 0 Å². The Hall–Kier alpha value is -1.83. The number of fused-ring (bicyclic) bond motifs is 1. The number of benzene rings is 2. The Bertz CT molecular complexity index is 577. The molecule has 1 aliphatic heterocycles. The van der Waals surface area contributed by atoms with Gasteiger partial charge in [0.25, 0.3) is 0 Å². The molecule has 1 heterocycles. The summed E-state index contributed by atoms with van der Waals surface area (Å²) in [5.41, 5.74) is 5.04. The van der Waals surface area contributed by atoms with Gasteiger partial charge in [0.2, 0.25) is 0 Å². The van der Waals surface area contributed by atoms with E-state index < -0.39 is 0 Å². The van der Waals surface area contributed by atoms with Crippen LogP contribution in [0.3, 0.4) is 0 Å². The van der Waals surface area contributed by atoms with Crippen molar-refractivity contribution in [3.63, 3.8) is 0 Å². The van der Waals surface area contributed by atoms with Crippen LogP contribution < -0.4 is 4.90 Å². The van der Waals surface area contributed by atoms with Gasteiger partial charge in [0.05, 0.1) is 0 Å². The summed E-state index contributed by atoms with van der Waals surface area (Å²) < 4.78 is 13.2. The summed E-state index contributed by atoms with van der Waals surface area (Å²) in [6.07, 6.45) is 1.09. The van der Waals surface area contributed by atoms with E-state index in [1.807, 2.05) is 6.07 Å². The second-order valence-corrected chi connectivity index (χ2v) is 4.93. The number of nitrogens with zero attached hydrogens (tertiary/aromatic N) is 1. The molecule has 0 N–H and O–H groups in total. The van der Waals surface area contributed by atoms with Gasteiger partial charge in [-0.2, -0.15) is 0 Å². The van der Waals surface area contributed by atoms with Gasteiger partial charge in [-0.05, 0) is 42.7 Å². The van der Waals surface area contributed by atoms with Crippen molar-refractivity contribution in [2.75, 3.05) is 11.4 Å². The molecule has 0 saturated heterocycles. The summed E-state index contributed by atoms with van der Waals surface area (Å²) in [6.45, 7) is 3.93. The fraction of sp³-hybridized carbons (Fsp3) is 0.250. The topological polar surface area (TPSA) is 3.24 Å². The van der Waals surface area contributed by atoms with Crippen LogP contribution in [0, 0.1) is 12.7 Å². The van der Waals surface area contributed by atoms with Crippen molar-refractivity contribution in [2.45, 2.75) is 19.9 Å². The van der Waals surface area contributed by atoms with E-state index in [2.05, 4.69) is 30.0 Å². The molecular weight excluding hydrogens is 225 g/mol. The first-order valence-corrected chi connectivity index (χ1v) is 6.31. The highest BCUT2D eigenvalue weighted by Crippen LogP contribution is 2.29. The van der Waals surface area contributed by atoms with Crippen LogP contribution in [0.2, 0.25) is 0 Å². The van der Waals surface area contributed by atoms with Crippen LogP contribution in [0.25, 0.3) is 0 Å². The number of halogens is 1. The summed E-state index contributed by atoms with van der Waals surface area (Å²) >= 11 is 0. The molecule has 0 unspecified atom stereocenters. The molecule has 0 spiro atoms. The van der Waals surface area contributed by atoms with Crippen LogP contribution >= 0.6 is 0 Å². The van der Waals surface area contributed by atoms with Gasteiger partial charge in [0.1, 0.15) is 5.82 Å². The lowest BCUT2D eigenvalue weighted by Crippen LogP contribution is -2.19. The molecule has 0 amide bonds. The molecule has 0 aliphatic carbocycles. The van der Waals surface area contributed by atoms with E-state index in [0.29, 0.717) is 0 Å². The maximum atomic E-state index is 13.2. The minimum absolute atomic E-state index is 0.157. The predicted molar refractivity (Wildman–Crippen MR) is 72.3 cm³/mol. The van der Waals surface area contributed by atoms with Crippen molar-refractivity contribution in [3.05, 3.63) is 65.0 Å². The van der Waals surface area contributed by atoms with Gasteiger partial charge < -0.3 is 4.90 Å². The van der Waals surface area contributed by atoms with E-state index in [1.54, 1.807) is 12.1 Å². The monoisotopic (exact) mass is 241 g/mol. The molecule has 0 bridgehead atoms. The Morgan fingerprint density at radius 1 is 1.17 bits per heavy atom. The number of anilines is 1. The van der Waals surface area contributed by atoms with Gasteiger partial charge in [-0.1, -0.05) is 29.8 Å². The Labute approximate surface area is 107 Å². The SMILES string of the molecule is Cc1ccc2c(c1)CCN2Cc1cccc(F)c1. The highest BCUT2D eigenvalue weighted by molar-refractivity contribution is 5.59. The molecule has 2 heteroatoms. The standard InChI is InChI=1S/C16H16FN/c1-12-5-6-16-14(9-12)7-8-18(16)11-13-3-2-4-15(17)10-13/h2-6,9-10H,7-8,11H2,1H3. The second-order valence-electron chi connectivity index (χ2n) is 4.93. The molecule has 92 valence electrons. The van der Waals surface area contributed by atoms with Crippen LogP contribution in [0.5, 0.6) is 0 Å². The minimum atomic E-state index is -0.157. The third-order valence-electron chi connectivity index (χ3n) is 3.49. The van der Waals surface area contributed by atoms with Crippen LogP contribution in [0.4, 0.5) is 10.1 Å². The first kappa shape index (κ1) is 11.3. The Balaban J connectivity index is 1.85. The number of rotatable bonds is 2. The third-order valence-corrected chi connectivity index (χ3v) is 3.49. The zero-order chi connectivity index (χ0) is 12.5. The zero-order valence-electron chi connectivity index (χ0n) is 10.5. The zero-order valence-corrected chi connectivity index (χ0v) is 10.5. The molecule has 0 fully saturated rings. The molecule has 0 aromatic heterocycles. The maximum Gasteiger partial charge on any atom is 0.123 e. The second kappa shape index (κ2) is 4.45. The summed E-state index contributed by atoms with van der Waals surface area (Å²) in [7, 11) is 0. The first-order valence-electron chi connectivity index (χ1n) is 6.31. The summed E-state index contributed by atoms with van der Waals surface area (Å²) in [4.78, 5) is 2.32. The molecule has 2 aromatic carbocycles. The number of hydrogen-bond donors (Lipinski definition) is 0. The van der Waals surface area contributed by atoms with Crippen LogP contribution in [-0.4, -0.2) is 6.54 Å². The van der Waals surface area contributed by atoms with Crippen molar-refractivity contribution in [1.82, 2.24) is 0 Å². The Morgan fingerprint density at radius 2 is 2.06 bits per heavy atom. The van der Waals surface area contributed by atoms with Gasteiger partial charge in [-0.15, -0.1) is 0 Å². The highest BCUT2D eigenvalue weighted by atomic mass is 19.1. The normalized spacial score (nSPS) is 13.8. The number of hydrogen-bond acceptors (Lipinski definition) is 1. The molecule has 3 rings (SSSR count). The van der Waals surface area contributed by atoms with E-state index in [4.69, 9.17) is 0 Å². The predicted octanol–water partition coefficient (Wildman–Crippen LogP) is 3.70. The average molecular weight is 241 g/mol. The van der Waals surface area contributed by atoms with Gasteiger partial charge in [-0.3, -0.25) is 0 Å². The van der Waals surface area contributed by atoms with Crippen molar-refractivity contribution in [3.8, 4) is 0 Å². The smallest absolute Gasteiger partial charge is 0.123 e. The van der Waals surface area contributed by atoms with E-state index in [1.165, 1.54) is 22.9 Å². The van der Waals surface area contributed by atoms with Crippen molar-refractivity contribution in [1.29, 1.82) is 0 Å². The maximum absolute atomic E-state index is 13.2. The van der Waals surface area contributed by atoms with Gasteiger partial charge in [0, 0.05) is 18.8 Å². The average Bonchev–Trinajstić information content (AvgIpc) is 2.72. The van der Waals surface area contributed by atoms with E-state index in [-0.39, 0.29) is 5.82 Å². The fourth-order valence-corrected chi connectivity index (χ4v) is 2.62. The van der Waals surface area contributed by atoms with Crippen molar-refractivity contribution in [2.24, 2.45) is 0 Å². The van der Waals surface area contributed by atoms with E-state index in [0.717, 1.165) is 25.1 Å². The largest absolute Gasteiger partial charge is 0.367 e. The molecule has 0 radical (unpaired) electrons. The molecular formula is C16H16FN.